The van der Waals surface area contributed by atoms with Crippen LogP contribution in [-0.4, -0.2) is 60.1 Å². The van der Waals surface area contributed by atoms with Gasteiger partial charge in [-0.15, -0.1) is 11.8 Å². The number of amides is 2. The molecule has 1 aromatic rings. The minimum Gasteiger partial charge on any atom is -0.369 e. The fourth-order valence-electron chi connectivity index (χ4n) is 2.32. The van der Waals surface area contributed by atoms with Gasteiger partial charge in [-0.05, 0) is 18.6 Å². The number of benzene rings is 1. The van der Waals surface area contributed by atoms with E-state index in [1.54, 1.807) is 11.8 Å². The number of aryl methyl sites for hydroxylation is 1. The maximum atomic E-state index is 12.2. The summed E-state index contributed by atoms with van der Waals surface area (Å²) in [6.07, 6.45) is 0. The van der Waals surface area contributed by atoms with Crippen LogP contribution in [0.15, 0.2) is 29.2 Å². The molecule has 2 N–H and O–H groups in total. The molecule has 1 saturated heterocycles. The smallest absolute Gasteiger partial charge is 0.233 e. The lowest BCUT2D eigenvalue weighted by molar-refractivity contribution is -0.130. The van der Waals surface area contributed by atoms with Crippen LogP contribution in [0, 0.1) is 6.92 Å². The van der Waals surface area contributed by atoms with Gasteiger partial charge in [0.25, 0.3) is 0 Å². The number of nitrogens with zero attached hydrogens (tertiary/aromatic N) is 2. The Hall–Kier alpha value is -1.53. The van der Waals surface area contributed by atoms with Gasteiger partial charge in [0.1, 0.15) is 0 Å². The van der Waals surface area contributed by atoms with Gasteiger partial charge in [0.05, 0.1) is 12.3 Å². The zero-order chi connectivity index (χ0) is 15.2. The lowest BCUT2D eigenvalue weighted by Gasteiger charge is -2.34. The first kappa shape index (κ1) is 15.9. The first-order chi connectivity index (χ1) is 10.1. The number of piperazine rings is 1. The third-order valence-corrected chi connectivity index (χ3v) is 4.71. The highest BCUT2D eigenvalue weighted by Crippen LogP contribution is 2.22. The fourth-order valence-corrected chi connectivity index (χ4v) is 3.26. The molecule has 1 heterocycles. The minimum atomic E-state index is -0.315. The number of carbonyl (C=O) groups is 2. The zero-order valence-electron chi connectivity index (χ0n) is 12.2. The van der Waals surface area contributed by atoms with Crippen LogP contribution >= 0.6 is 11.8 Å². The van der Waals surface area contributed by atoms with E-state index in [0.717, 1.165) is 4.90 Å². The monoisotopic (exact) mass is 307 g/mol. The average molecular weight is 307 g/mol. The number of rotatable bonds is 5. The number of thioether (sulfide) groups is 1. The molecule has 5 nitrogen and oxygen atoms in total. The summed E-state index contributed by atoms with van der Waals surface area (Å²) < 4.78 is 0. The van der Waals surface area contributed by atoms with E-state index in [9.17, 15) is 9.59 Å². The van der Waals surface area contributed by atoms with Gasteiger partial charge in [0.2, 0.25) is 11.8 Å². The van der Waals surface area contributed by atoms with E-state index in [4.69, 9.17) is 5.73 Å². The van der Waals surface area contributed by atoms with Crippen molar-refractivity contribution in [2.24, 2.45) is 5.73 Å². The summed E-state index contributed by atoms with van der Waals surface area (Å²) in [5.74, 6) is 0.299. The fraction of sp³-hybridized carbons (Fsp3) is 0.467. The molecule has 2 rings (SSSR count). The van der Waals surface area contributed by atoms with Crippen LogP contribution in [0.2, 0.25) is 0 Å². The lowest BCUT2D eigenvalue weighted by Crippen LogP contribution is -2.51. The van der Waals surface area contributed by atoms with Gasteiger partial charge in [0.15, 0.2) is 0 Å². The van der Waals surface area contributed by atoms with Crippen LogP contribution in [0.25, 0.3) is 0 Å². The highest BCUT2D eigenvalue weighted by molar-refractivity contribution is 8.00. The standard InChI is InChI=1S/C15H21N3O2S/c1-12-4-2-3-5-13(12)21-11-15(20)18-8-6-17(7-9-18)10-14(16)19/h2-5H,6-11H2,1H3,(H2,16,19). The first-order valence-electron chi connectivity index (χ1n) is 7.03. The second-order valence-corrected chi connectivity index (χ2v) is 6.19. The van der Waals surface area contributed by atoms with Crippen molar-refractivity contribution in [2.75, 3.05) is 38.5 Å². The Bertz CT molecular complexity index is 513. The zero-order valence-corrected chi connectivity index (χ0v) is 13.1. The van der Waals surface area contributed by atoms with Gasteiger partial charge < -0.3 is 10.6 Å². The van der Waals surface area contributed by atoms with E-state index in [2.05, 4.69) is 13.0 Å². The Kier molecular flexibility index (Phi) is 5.64. The molecular formula is C15H21N3O2S. The third-order valence-electron chi connectivity index (χ3n) is 3.55. The predicted octanol–water partition coefficient (Wildman–Crippen LogP) is 0.717. The molecule has 1 aromatic carbocycles. The van der Waals surface area contributed by atoms with Crippen molar-refractivity contribution in [2.45, 2.75) is 11.8 Å². The summed E-state index contributed by atoms with van der Waals surface area (Å²) in [7, 11) is 0. The molecule has 0 aliphatic carbocycles. The minimum absolute atomic E-state index is 0.155. The topological polar surface area (TPSA) is 66.6 Å². The maximum absolute atomic E-state index is 12.2. The summed E-state index contributed by atoms with van der Waals surface area (Å²) in [6.45, 7) is 5.09. The summed E-state index contributed by atoms with van der Waals surface area (Å²) in [5.41, 5.74) is 6.38. The van der Waals surface area contributed by atoms with E-state index in [1.165, 1.54) is 5.56 Å². The number of nitrogens with two attached hydrogens (primary N) is 1. The van der Waals surface area contributed by atoms with Gasteiger partial charge in [-0.2, -0.15) is 0 Å². The van der Waals surface area contributed by atoms with Crippen LogP contribution in [-0.2, 0) is 9.59 Å². The van der Waals surface area contributed by atoms with Crippen molar-refractivity contribution in [3.63, 3.8) is 0 Å². The molecular weight excluding hydrogens is 286 g/mol. The summed E-state index contributed by atoms with van der Waals surface area (Å²) in [4.78, 5) is 28.1. The molecule has 1 fully saturated rings. The van der Waals surface area contributed by atoms with Crippen molar-refractivity contribution in [3.8, 4) is 0 Å². The van der Waals surface area contributed by atoms with Crippen LogP contribution in [0.4, 0.5) is 0 Å². The SMILES string of the molecule is Cc1ccccc1SCC(=O)N1CCN(CC(N)=O)CC1. The Balaban J connectivity index is 1.77. The Labute approximate surface area is 129 Å². The summed E-state index contributed by atoms with van der Waals surface area (Å²) in [5, 5.41) is 0. The number of primary amides is 1. The molecule has 6 heteroatoms. The van der Waals surface area contributed by atoms with Crippen molar-refractivity contribution in [1.82, 2.24) is 9.80 Å². The second kappa shape index (κ2) is 7.47. The molecule has 0 bridgehead atoms. The Morgan fingerprint density at radius 2 is 1.86 bits per heavy atom. The molecule has 0 spiro atoms. The summed E-state index contributed by atoms with van der Waals surface area (Å²) in [6, 6.07) is 8.08. The third kappa shape index (κ3) is 4.75. The number of hydrogen-bond acceptors (Lipinski definition) is 4. The normalized spacial score (nSPS) is 16.0. The lowest BCUT2D eigenvalue weighted by atomic mass is 10.2. The van der Waals surface area contributed by atoms with Crippen molar-refractivity contribution in [3.05, 3.63) is 29.8 Å². The molecule has 0 radical (unpaired) electrons. The molecule has 0 aromatic heterocycles. The van der Waals surface area contributed by atoms with Crippen LogP contribution in [0.5, 0.6) is 0 Å². The molecule has 1 aliphatic rings. The van der Waals surface area contributed by atoms with Gasteiger partial charge >= 0.3 is 0 Å². The molecule has 1 aliphatic heterocycles. The van der Waals surface area contributed by atoms with Gasteiger partial charge in [-0.1, -0.05) is 18.2 Å². The predicted molar refractivity (Wildman–Crippen MR) is 84.1 cm³/mol. The van der Waals surface area contributed by atoms with E-state index in [-0.39, 0.29) is 18.4 Å². The molecule has 0 saturated carbocycles. The maximum Gasteiger partial charge on any atom is 0.233 e. The second-order valence-electron chi connectivity index (χ2n) is 5.18. The Morgan fingerprint density at radius 3 is 2.48 bits per heavy atom. The first-order valence-corrected chi connectivity index (χ1v) is 8.01. The van der Waals surface area contributed by atoms with E-state index in [1.807, 2.05) is 28.0 Å². The Morgan fingerprint density at radius 1 is 1.19 bits per heavy atom. The largest absolute Gasteiger partial charge is 0.369 e. The van der Waals surface area contributed by atoms with Crippen LogP contribution in [0.1, 0.15) is 5.56 Å². The van der Waals surface area contributed by atoms with Crippen molar-refractivity contribution in [1.29, 1.82) is 0 Å². The highest BCUT2D eigenvalue weighted by atomic mass is 32.2. The average Bonchev–Trinajstić information content (AvgIpc) is 2.46. The molecule has 0 atom stereocenters. The molecule has 2 amide bonds. The number of hydrogen-bond donors (Lipinski definition) is 1. The molecule has 21 heavy (non-hydrogen) atoms. The number of carbonyl (C=O) groups excluding carboxylic acids is 2. The highest BCUT2D eigenvalue weighted by Gasteiger charge is 2.21. The molecule has 0 unspecified atom stereocenters. The van der Waals surface area contributed by atoms with Crippen molar-refractivity contribution < 1.29 is 9.59 Å². The summed E-state index contributed by atoms with van der Waals surface area (Å²) >= 11 is 1.58. The van der Waals surface area contributed by atoms with E-state index < -0.39 is 0 Å². The quantitative estimate of drug-likeness (QED) is 0.814. The van der Waals surface area contributed by atoms with Gasteiger partial charge in [-0.25, -0.2) is 0 Å². The van der Waals surface area contributed by atoms with Gasteiger partial charge in [-0.3, -0.25) is 14.5 Å². The van der Waals surface area contributed by atoms with Crippen LogP contribution < -0.4 is 5.73 Å². The van der Waals surface area contributed by atoms with Crippen molar-refractivity contribution >= 4 is 23.6 Å². The van der Waals surface area contributed by atoms with Crippen LogP contribution in [0.3, 0.4) is 0 Å². The molecule has 114 valence electrons. The van der Waals surface area contributed by atoms with E-state index >= 15 is 0 Å². The van der Waals surface area contributed by atoms with E-state index in [0.29, 0.717) is 31.9 Å². The van der Waals surface area contributed by atoms with Gasteiger partial charge in [0, 0.05) is 31.1 Å².